The van der Waals surface area contributed by atoms with Crippen molar-refractivity contribution < 1.29 is 22.7 Å². The Balaban J connectivity index is 1.87. The molecule has 0 amide bonds. The number of benzene rings is 2. The molecule has 1 aliphatic rings. The first kappa shape index (κ1) is 13.5. The van der Waals surface area contributed by atoms with Gasteiger partial charge in [0.1, 0.15) is 0 Å². The fourth-order valence-corrected chi connectivity index (χ4v) is 2.19. The van der Waals surface area contributed by atoms with Crippen molar-refractivity contribution in [2.24, 2.45) is 0 Å². The zero-order chi connectivity index (χ0) is 15.0. The van der Waals surface area contributed by atoms with Gasteiger partial charge in [0, 0.05) is 11.3 Å². The van der Waals surface area contributed by atoms with Crippen molar-refractivity contribution in [1.82, 2.24) is 0 Å². The Labute approximate surface area is 118 Å². The predicted molar refractivity (Wildman–Crippen MR) is 69.7 cm³/mol. The molecular weight excluding hydrogens is 283 g/mol. The zero-order valence-electron chi connectivity index (χ0n) is 10.6. The molecule has 0 aliphatic carbocycles. The van der Waals surface area contributed by atoms with Gasteiger partial charge >= 0.3 is 12.1 Å². The Morgan fingerprint density at radius 2 is 1.81 bits per heavy atom. The van der Waals surface area contributed by atoms with Crippen LogP contribution in [0.15, 0.2) is 48.5 Å². The van der Waals surface area contributed by atoms with Crippen LogP contribution in [0.3, 0.4) is 0 Å². The third kappa shape index (κ3) is 2.56. The van der Waals surface area contributed by atoms with Gasteiger partial charge in [0.2, 0.25) is 6.23 Å². The first-order valence-electron chi connectivity index (χ1n) is 6.19. The van der Waals surface area contributed by atoms with Crippen molar-refractivity contribution in [1.29, 1.82) is 0 Å². The molecule has 21 heavy (non-hydrogen) atoms. The summed E-state index contributed by atoms with van der Waals surface area (Å²) in [5.41, 5.74) is 0.506. The number of esters is 1. The van der Waals surface area contributed by atoms with Gasteiger partial charge in [0.05, 0.1) is 11.1 Å². The van der Waals surface area contributed by atoms with Crippen molar-refractivity contribution in [3.8, 4) is 0 Å². The Kier molecular flexibility index (Phi) is 3.08. The lowest BCUT2D eigenvalue weighted by molar-refractivity contribution is -0.137. The van der Waals surface area contributed by atoms with Crippen LogP contribution in [0, 0.1) is 0 Å². The van der Waals surface area contributed by atoms with E-state index in [1.165, 1.54) is 12.1 Å². The first-order chi connectivity index (χ1) is 9.95. The van der Waals surface area contributed by atoms with Gasteiger partial charge in [-0.15, -0.1) is 0 Å². The number of rotatable bonds is 2. The molecule has 1 atom stereocenters. The van der Waals surface area contributed by atoms with Gasteiger partial charge in [-0.25, -0.2) is 4.79 Å². The van der Waals surface area contributed by atoms with E-state index in [-0.39, 0.29) is 5.69 Å². The van der Waals surface area contributed by atoms with Crippen molar-refractivity contribution in [2.45, 2.75) is 12.4 Å². The van der Waals surface area contributed by atoms with Gasteiger partial charge in [0.15, 0.2) is 0 Å². The average Bonchev–Trinajstić information content (AvgIpc) is 2.76. The Hall–Kier alpha value is -2.50. The fraction of sp³-hybridized carbons (Fsp3) is 0.133. The van der Waals surface area contributed by atoms with Crippen LogP contribution in [0.25, 0.3) is 0 Å². The lowest BCUT2D eigenvalue weighted by Crippen LogP contribution is -2.11. The highest BCUT2D eigenvalue weighted by Gasteiger charge is 2.32. The number of carbonyl (C=O) groups excluding carboxylic acids is 1. The minimum atomic E-state index is -4.41. The van der Waals surface area contributed by atoms with Gasteiger partial charge in [-0.1, -0.05) is 24.3 Å². The summed E-state index contributed by atoms with van der Waals surface area (Å²) in [6.07, 6.45) is -5.20. The SMILES string of the molecule is O=C1O[C@H](Nc2cccc(C(F)(F)F)c2)c2ccccc21. The largest absolute Gasteiger partial charge is 0.434 e. The Morgan fingerprint density at radius 1 is 1.05 bits per heavy atom. The molecule has 1 N–H and O–H groups in total. The summed E-state index contributed by atoms with van der Waals surface area (Å²) in [5.74, 6) is -0.491. The second-order valence-electron chi connectivity index (χ2n) is 4.60. The number of alkyl halides is 3. The topological polar surface area (TPSA) is 38.3 Å². The van der Waals surface area contributed by atoms with Crippen LogP contribution < -0.4 is 5.32 Å². The van der Waals surface area contributed by atoms with Crippen LogP contribution in [0.4, 0.5) is 18.9 Å². The van der Waals surface area contributed by atoms with Crippen molar-refractivity contribution in [2.75, 3.05) is 5.32 Å². The molecule has 108 valence electrons. The molecule has 1 heterocycles. The van der Waals surface area contributed by atoms with E-state index >= 15 is 0 Å². The highest BCUT2D eigenvalue weighted by atomic mass is 19.4. The van der Waals surface area contributed by atoms with Crippen LogP contribution in [0.2, 0.25) is 0 Å². The van der Waals surface area contributed by atoms with Gasteiger partial charge in [-0.05, 0) is 24.3 Å². The molecule has 2 aromatic rings. The second-order valence-corrected chi connectivity index (χ2v) is 4.60. The summed E-state index contributed by atoms with van der Waals surface area (Å²) in [4.78, 5) is 11.7. The molecule has 6 heteroatoms. The van der Waals surface area contributed by atoms with E-state index in [0.717, 1.165) is 12.1 Å². The van der Waals surface area contributed by atoms with E-state index in [2.05, 4.69) is 5.32 Å². The van der Waals surface area contributed by atoms with Crippen molar-refractivity contribution >= 4 is 11.7 Å². The highest BCUT2D eigenvalue weighted by molar-refractivity contribution is 5.94. The normalized spacial score (nSPS) is 17.3. The first-order valence-corrected chi connectivity index (χ1v) is 6.19. The van der Waals surface area contributed by atoms with Crippen LogP contribution >= 0.6 is 0 Å². The number of hydrogen-bond acceptors (Lipinski definition) is 3. The standard InChI is InChI=1S/C15H10F3NO2/c16-15(17,18)9-4-3-5-10(8-9)19-13-11-6-1-2-7-12(11)14(20)21-13/h1-8,13,19H/t13-/m0/s1. The van der Waals surface area contributed by atoms with E-state index in [0.29, 0.717) is 11.1 Å². The third-order valence-corrected chi connectivity index (χ3v) is 3.18. The maximum absolute atomic E-state index is 12.7. The average molecular weight is 293 g/mol. The van der Waals surface area contributed by atoms with Gasteiger partial charge < -0.3 is 10.1 Å². The molecular formula is C15H10F3NO2. The van der Waals surface area contributed by atoms with Crippen LogP contribution in [-0.4, -0.2) is 5.97 Å². The van der Waals surface area contributed by atoms with E-state index in [1.807, 2.05) is 0 Å². The molecule has 0 unspecified atom stereocenters. The number of fused-ring (bicyclic) bond motifs is 1. The molecule has 0 aromatic heterocycles. The van der Waals surface area contributed by atoms with Gasteiger partial charge in [-0.2, -0.15) is 13.2 Å². The van der Waals surface area contributed by atoms with Gasteiger partial charge in [0.25, 0.3) is 0 Å². The summed E-state index contributed by atoms with van der Waals surface area (Å²) < 4.78 is 43.1. The van der Waals surface area contributed by atoms with Crippen LogP contribution in [0.1, 0.15) is 27.7 Å². The smallest absolute Gasteiger partial charge is 0.416 e. The lowest BCUT2D eigenvalue weighted by Gasteiger charge is -2.15. The molecule has 3 nitrogen and oxygen atoms in total. The minimum absolute atomic E-state index is 0.235. The fourth-order valence-electron chi connectivity index (χ4n) is 2.19. The maximum atomic E-state index is 12.7. The monoisotopic (exact) mass is 293 g/mol. The molecule has 0 radical (unpaired) electrons. The molecule has 0 spiro atoms. The summed E-state index contributed by atoms with van der Waals surface area (Å²) in [7, 11) is 0. The molecule has 0 bridgehead atoms. The summed E-state index contributed by atoms with van der Waals surface area (Å²) in [6.45, 7) is 0. The maximum Gasteiger partial charge on any atom is 0.416 e. The zero-order valence-corrected chi connectivity index (χ0v) is 10.6. The number of carbonyl (C=O) groups is 1. The molecule has 3 rings (SSSR count). The van der Waals surface area contributed by atoms with E-state index in [1.54, 1.807) is 24.3 Å². The number of halogens is 3. The molecule has 0 fully saturated rings. The second kappa shape index (κ2) is 4.80. The van der Waals surface area contributed by atoms with E-state index in [4.69, 9.17) is 4.74 Å². The van der Waals surface area contributed by atoms with Crippen molar-refractivity contribution in [3.05, 3.63) is 65.2 Å². The summed E-state index contributed by atoms with van der Waals surface area (Å²) >= 11 is 0. The number of nitrogens with one attached hydrogen (secondary N) is 1. The third-order valence-electron chi connectivity index (χ3n) is 3.18. The Morgan fingerprint density at radius 3 is 2.57 bits per heavy atom. The van der Waals surface area contributed by atoms with E-state index < -0.39 is 23.9 Å². The van der Waals surface area contributed by atoms with Crippen LogP contribution in [-0.2, 0) is 10.9 Å². The summed E-state index contributed by atoms with van der Waals surface area (Å²) in [6, 6.07) is 11.5. The van der Waals surface area contributed by atoms with Gasteiger partial charge in [-0.3, -0.25) is 0 Å². The minimum Gasteiger partial charge on any atom is -0.434 e. The number of anilines is 1. The Bertz CT molecular complexity index is 697. The quantitative estimate of drug-likeness (QED) is 0.851. The highest BCUT2D eigenvalue weighted by Crippen LogP contribution is 2.34. The predicted octanol–water partition coefficient (Wildman–Crippen LogP) is 3.99. The number of hydrogen-bond donors (Lipinski definition) is 1. The lowest BCUT2D eigenvalue weighted by atomic mass is 10.1. The molecule has 1 aliphatic heterocycles. The van der Waals surface area contributed by atoms with E-state index in [9.17, 15) is 18.0 Å². The van der Waals surface area contributed by atoms with Crippen molar-refractivity contribution in [3.63, 3.8) is 0 Å². The number of cyclic esters (lactones) is 1. The number of ether oxygens (including phenoxy) is 1. The van der Waals surface area contributed by atoms with Crippen LogP contribution in [0.5, 0.6) is 0 Å². The molecule has 0 saturated heterocycles. The summed E-state index contributed by atoms with van der Waals surface area (Å²) in [5, 5.41) is 2.80. The molecule has 2 aromatic carbocycles. The molecule has 0 saturated carbocycles.